The summed E-state index contributed by atoms with van der Waals surface area (Å²) < 4.78 is 17.2. The van der Waals surface area contributed by atoms with Crippen LogP contribution in [0.3, 0.4) is 0 Å². The highest BCUT2D eigenvalue weighted by atomic mass is 16.5. The van der Waals surface area contributed by atoms with Crippen LogP contribution < -0.4 is 19.6 Å². The van der Waals surface area contributed by atoms with Gasteiger partial charge in [0.2, 0.25) is 0 Å². The molecule has 6 heteroatoms. The number of nitrogens with zero attached hydrogens (tertiary/aromatic N) is 1. The molecule has 33 heavy (non-hydrogen) atoms. The van der Waals surface area contributed by atoms with Gasteiger partial charge in [0, 0.05) is 0 Å². The van der Waals surface area contributed by atoms with Gasteiger partial charge in [-0.2, -0.15) is 5.10 Å². The third-order valence-corrected chi connectivity index (χ3v) is 4.75. The van der Waals surface area contributed by atoms with Gasteiger partial charge in [-0.1, -0.05) is 50.1 Å². The fourth-order valence-corrected chi connectivity index (χ4v) is 2.96. The number of amides is 1. The Bertz CT molecular complexity index is 1020. The Kier molecular flexibility index (Phi) is 9.33. The summed E-state index contributed by atoms with van der Waals surface area (Å²) in [5, 5.41) is 4.04. The maximum absolute atomic E-state index is 12.3. The quantitative estimate of drug-likeness (QED) is 0.212. The van der Waals surface area contributed by atoms with E-state index < -0.39 is 6.10 Å². The zero-order valence-corrected chi connectivity index (χ0v) is 19.1. The van der Waals surface area contributed by atoms with Gasteiger partial charge >= 0.3 is 0 Å². The molecule has 1 unspecified atom stereocenters. The molecule has 3 aromatic carbocycles. The maximum atomic E-state index is 12.3. The first-order chi connectivity index (χ1) is 16.1. The predicted octanol–water partition coefficient (Wildman–Crippen LogP) is 5.97. The van der Waals surface area contributed by atoms with Gasteiger partial charge in [-0.25, -0.2) is 5.43 Å². The molecule has 0 bridgehead atoms. The Morgan fingerprint density at radius 2 is 1.64 bits per heavy atom. The molecule has 3 aromatic rings. The summed E-state index contributed by atoms with van der Waals surface area (Å²) in [7, 11) is 0. The highest BCUT2D eigenvalue weighted by Crippen LogP contribution is 2.21. The number of carbonyl (C=O) groups excluding carboxylic acids is 1. The Morgan fingerprint density at radius 1 is 0.909 bits per heavy atom. The molecule has 0 heterocycles. The lowest BCUT2D eigenvalue weighted by atomic mass is 10.2. The number of ether oxygens (including phenoxy) is 3. The average Bonchev–Trinajstić information content (AvgIpc) is 2.84. The van der Waals surface area contributed by atoms with Gasteiger partial charge in [-0.3, -0.25) is 4.79 Å². The van der Waals surface area contributed by atoms with Crippen LogP contribution in [0.4, 0.5) is 0 Å². The van der Waals surface area contributed by atoms with Gasteiger partial charge in [-0.05, 0) is 67.4 Å². The minimum atomic E-state index is -0.703. The molecule has 0 aliphatic heterocycles. The van der Waals surface area contributed by atoms with Crippen molar-refractivity contribution in [2.24, 2.45) is 5.10 Å². The molecular weight excluding hydrogens is 416 g/mol. The molecule has 0 fully saturated rings. The molecule has 0 aromatic heterocycles. The van der Waals surface area contributed by atoms with Crippen LogP contribution in [-0.2, 0) is 4.79 Å². The second kappa shape index (κ2) is 12.9. The standard InChI is InChI=1S/C27H30N2O4/c1-3-4-8-18-31-23-14-16-25(17-15-23)32-21(2)27(30)29-28-20-22-10-9-13-26(19-22)33-24-11-6-5-7-12-24/h5-7,9-17,19-21H,3-4,8,18H2,1-2H3,(H,29,30)/b28-20+. The van der Waals surface area contributed by atoms with E-state index in [0.29, 0.717) is 18.1 Å². The molecule has 1 amide bonds. The summed E-state index contributed by atoms with van der Waals surface area (Å²) in [4.78, 5) is 12.3. The van der Waals surface area contributed by atoms with Crippen LogP contribution in [-0.4, -0.2) is 24.8 Å². The highest BCUT2D eigenvalue weighted by Gasteiger charge is 2.14. The van der Waals surface area contributed by atoms with E-state index in [4.69, 9.17) is 14.2 Å². The monoisotopic (exact) mass is 446 g/mol. The number of hydrogen-bond acceptors (Lipinski definition) is 5. The maximum Gasteiger partial charge on any atom is 0.280 e. The summed E-state index contributed by atoms with van der Waals surface area (Å²) in [6.45, 7) is 4.54. The molecule has 3 rings (SSSR count). The summed E-state index contributed by atoms with van der Waals surface area (Å²) in [5.74, 6) is 2.47. The lowest BCUT2D eigenvalue weighted by molar-refractivity contribution is -0.127. The number of hydrogen-bond donors (Lipinski definition) is 1. The average molecular weight is 447 g/mol. The first-order valence-corrected chi connectivity index (χ1v) is 11.2. The number of unbranched alkanes of at least 4 members (excludes halogenated alkanes) is 2. The largest absolute Gasteiger partial charge is 0.494 e. The molecule has 0 aliphatic rings. The van der Waals surface area contributed by atoms with Gasteiger partial charge < -0.3 is 14.2 Å². The van der Waals surface area contributed by atoms with Crippen molar-refractivity contribution in [1.29, 1.82) is 0 Å². The van der Waals surface area contributed by atoms with E-state index in [1.165, 1.54) is 0 Å². The van der Waals surface area contributed by atoms with Gasteiger partial charge in [0.05, 0.1) is 12.8 Å². The summed E-state index contributed by atoms with van der Waals surface area (Å²) in [6.07, 6.45) is 4.22. The first-order valence-electron chi connectivity index (χ1n) is 11.2. The van der Waals surface area contributed by atoms with Crippen LogP contribution in [0.2, 0.25) is 0 Å². The van der Waals surface area contributed by atoms with E-state index in [-0.39, 0.29) is 5.91 Å². The van der Waals surface area contributed by atoms with Gasteiger partial charge in [0.25, 0.3) is 5.91 Å². The molecule has 172 valence electrons. The van der Waals surface area contributed by atoms with E-state index in [9.17, 15) is 4.79 Å². The number of rotatable bonds is 12. The number of para-hydroxylation sites is 1. The van der Waals surface area contributed by atoms with Gasteiger partial charge in [0.15, 0.2) is 6.10 Å². The highest BCUT2D eigenvalue weighted by molar-refractivity contribution is 5.84. The molecule has 0 saturated carbocycles. The van der Waals surface area contributed by atoms with Crippen LogP contribution >= 0.6 is 0 Å². The minimum absolute atomic E-state index is 0.345. The molecule has 0 spiro atoms. The van der Waals surface area contributed by atoms with Crippen LogP contribution in [0.15, 0.2) is 84.0 Å². The van der Waals surface area contributed by atoms with E-state index in [1.807, 2.05) is 66.7 Å². The van der Waals surface area contributed by atoms with Crippen molar-refractivity contribution in [1.82, 2.24) is 5.43 Å². The second-order valence-electron chi connectivity index (χ2n) is 7.51. The molecule has 1 N–H and O–H groups in total. The van der Waals surface area contributed by atoms with E-state index in [2.05, 4.69) is 17.5 Å². The van der Waals surface area contributed by atoms with Crippen molar-refractivity contribution in [3.05, 3.63) is 84.4 Å². The van der Waals surface area contributed by atoms with Crippen LogP contribution in [0.5, 0.6) is 23.0 Å². The lowest BCUT2D eigenvalue weighted by Gasteiger charge is -2.13. The Labute approximate surface area is 195 Å². The summed E-state index contributed by atoms with van der Waals surface area (Å²) in [6, 6.07) is 24.2. The number of benzene rings is 3. The molecule has 0 aliphatic carbocycles. The van der Waals surface area contributed by atoms with Crippen LogP contribution in [0.25, 0.3) is 0 Å². The number of carbonyl (C=O) groups is 1. The smallest absolute Gasteiger partial charge is 0.280 e. The molecule has 0 saturated heterocycles. The Hall–Kier alpha value is -3.80. The van der Waals surface area contributed by atoms with Crippen LogP contribution in [0.1, 0.15) is 38.7 Å². The normalized spacial score (nSPS) is 11.7. The molecular formula is C27H30N2O4. The zero-order chi connectivity index (χ0) is 23.3. The minimum Gasteiger partial charge on any atom is -0.494 e. The van der Waals surface area contributed by atoms with Crippen molar-refractivity contribution in [3.63, 3.8) is 0 Å². The van der Waals surface area contributed by atoms with Crippen molar-refractivity contribution < 1.29 is 19.0 Å². The fourth-order valence-electron chi connectivity index (χ4n) is 2.96. The second-order valence-corrected chi connectivity index (χ2v) is 7.51. The summed E-state index contributed by atoms with van der Waals surface area (Å²) in [5.41, 5.74) is 3.31. The zero-order valence-electron chi connectivity index (χ0n) is 19.1. The SMILES string of the molecule is CCCCCOc1ccc(OC(C)C(=O)N/N=C/c2cccc(Oc3ccccc3)c2)cc1. The number of nitrogens with one attached hydrogen (secondary N) is 1. The van der Waals surface area contributed by atoms with Crippen LogP contribution in [0, 0.1) is 0 Å². The van der Waals surface area contributed by atoms with Crippen molar-refractivity contribution in [2.75, 3.05) is 6.61 Å². The summed E-state index contributed by atoms with van der Waals surface area (Å²) >= 11 is 0. The first kappa shape index (κ1) is 23.9. The van der Waals surface area contributed by atoms with E-state index in [0.717, 1.165) is 36.3 Å². The molecule has 0 radical (unpaired) electrons. The van der Waals surface area contributed by atoms with Crippen molar-refractivity contribution in [2.45, 2.75) is 39.2 Å². The molecule has 1 atom stereocenters. The number of hydrazone groups is 1. The third-order valence-electron chi connectivity index (χ3n) is 4.75. The van der Waals surface area contributed by atoms with Gasteiger partial charge in [-0.15, -0.1) is 0 Å². The lowest BCUT2D eigenvalue weighted by Crippen LogP contribution is -2.33. The predicted molar refractivity (Wildman–Crippen MR) is 130 cm³/mol. The van der Waals surface area contributed by atoms with E-state index in [1.54, 1.807) is 25.3 Å². The fraction of sp³-hybridized carbons (Fsp3) is 0.259. The van der Waals surface area contributed by atoms with Gasteiger partial charge in [0.1, 0.15) is 23.0 Å². The molecule has 6 nitrogen and oxygen atoms in total. The van der Waals surface area contributed by atoms with Crippen molar-refractivity contribution in [3.8, 4) is 23.0 Å². The Balaban J connectivity index is 1.45. The van der Waals surface area contributed by atoms with E-state index >= 15 is 0 Å². The topological polar surface area (TPSA) is 69.2 Å². The Morgan fingerprint density at radius 3 is 2.39 bits per heavy atom. The van der Waals surface area contributed by atoms with Crippen molar-refractivity contribution >= 4 is 12.1 Å². The third kappa shape index (κ3) is 8.33.